The van der Waals surface area contributed by atoms with Crippen molar-refractivity contribution in [1.29, 1.82) is 0 Å². The summed E-state index contributed by atoms with van der Waals surface area (Å²) in [5.74, 6) is 1.81. The predicted molar refractivity (Wildman–Crippen MR) is 109 cm³/mol. The minimum atomic E-state index is -4.34. The lowest BCUT2D eigenvalue weighted by atomic mass is 9.85. The Morgan fingerprint density at radius 1 is 1.19 bits per heavy atom. The number of anilines is 1. The van der Waals surface area contributed by atoms with Gasteiger partial charge in [-0.25, -0.2) is 4.68 Å². The van der Waals surface area contributed by atoms with Crippen LogP contribution in [0.25, 0.3) is 0 Å². The zero-order chi connectivity index (χ0) is 22.0. The van der Waals surface area contributed by atoms with E-state index in [1.54, 1.807) is 7.11 Å². The van der Waals surface area contributed by atoms with Gasteiger partial charge in [-0.3, -0.25) is 4.90 Å². The van der Waals surface area contributed by atoms with E-state index in [-0.39, 0.29) is 24.3 Å². The minimum Gasteiger partial charge on any atom is -0.493 e. The highest BCUT2D eigenvalue weighted by atomic mass is 19.4. The second-order valence-electron chi connectivity index (χ2n) is 8.10. The molecule has 170 valence electrons. The molecule has 0 aliphatic carbocycles. The molecule has 7 nitrogen and oxygen atoms in total. The monoisotopic (exact) mass is 439 g/mol. The number of methoxy groups -OCH3 is 1. The summed E-state index contributed by atoms with van der Waals surface area (Å²) in [7, 11) is 1.62. The topological polar surface area (TPSA) is 64.4 Å². The van der Waals surface area contributed by atoms with Gasteiger partial charge in [-0.15, -0.1) is 0 Å². The fourth-order valence-electron chi connectivity index (χ4n) is 4.59. The summed E-state index contributed by atoms with van der Waals surface area (Å²) >= 11 is 0. The Labute approximate surface area is 179 Å². The molecule has 31 heavy (non-hydrogen) atoms. The summed E-state index contributed by atoms with van der Waals surface area (Å²) in [5, 5.41) is 6.96. The second-order valence-corrected chi connectivity index (χ2v) is 8.10. The summed E-state index contributed by atoms with van der Waals surface area (Å²) in [6, 6.07) is 4.06. The van der Waals surface area contributed by atoms with Gasteiger partial charge in [0.05, 0.1) is 13.7 Å². The number of piperidine rings is 1. The molecule has 0 radical (unpaired) electrons. The van der Waals surface area contributed by atoms with Gasteiger partial charge in [-0.1, -0.05) is 6.07 Å². The number of nitrogens with one attached hydrogen (secondary N) is 1. The number of likely N-dealkylation sites (tertiary alicyclic amines) is 1. The van der Waals surface area contributed by atoms with Crippen LogP contribution in [0.3, 0.4) is 0 Å². The van der Waals surface area contributed by atoms with Gasteiger partial charge in [0, 0.05) is 12.6 Å². The molecule has 2 atom stereocenters. The van der Waals surface area contributed by atoms with Crippen LogP contribution < -0.4 is 14.8 Å². The number of fused-ring (bicyclic) bond motifs is 1. The van der Waals surface area contributed by atoms with Crippen molar-refractivity contribution in [3.8, 4) is 11.5 Å². The van der Waals surface area contributed by atoms with E-state index in [4.69, 9.17) is 9.47 Å². The summed E-state index contributed by atoms with van der Waals surface area (Å²) in [6.45, 7) is 4.94. The molecule has 2 aliphatic heterocycles. The number of rotatable bonds is 6. The van der Waals surface area contributed by atoms with Gasteiger partial charge in [0.2, 0.25) is 5.95 Å². The molecule has 4 rings (SSSR count). The quantitative estimate of drug-likeness (QED) is 0.737. The van der Waals surface area contributed by atoms with Crippen molar-refractivity contribution in [3.05, 3.63) is 30.1 Å². The van der Waals surface area contributed by atoms with Crippen LogP contribution in [0.15, 0.2) is 24.5 Å². The third kappa shape index (κ3) is 4.73. The van der Waals surface area contributed by atoms with Crippen molar-refractivity contribution in [3.63, 3.8) is 0 Å². The van der Waals surface area contributed by atoms with Gasteiger partial charge in [0.15, 0.2) is 17.5 Å². The summed E-state index contributed by atoms with van der Waals surface area (Å²) in [6.07, 6.45) is -1.50. The van der Waals surface area contributed by atoms with Crippen molar-refractivity contribution in [2.45, 2.75) is 51.0 Å². The van der Waals surface area contributed by atoms with E-state index in [9.17, 15) is 13.2 Å². The molecule has 0 saturated carbocycles. The Bertz CT molecular complexity index is 880. The molecule has 1 aromatic carbocycles. The van der Waals surface area contributed by atoms with Crippen molar-refractivity contribution in [1.82, 2.24) is 19.7 Å². The average molecular weight is 439 g/mol. The summed E-state index contributed by atoms with van der Waals surface area (Å²) < 4.78 is 52.6. The lowest BCUT2D eigenvalue weighted by molar-refractivity contribution is -0.174. The second kappa shape index (κ2) is 8.94. The molecule has 1 N–H and O–H groups in total. The van der Waals surface area contributed by atoms with E-state index >= 15 is 0 Å². The van der Waals surface area contributed by atoms with Gasteiger partial charge >= 0.3 is 6.18 Å². The Morgan fingerprint density at radius 2 is 1.97 bits per heavy atom. The van der Waals surface area contributed by atoms with Crippen LogP contribution in [-0.2, 0) is 6.54 Å². The maximum Gasteiger partial charge on any atom is 0.411 e. The van der Waals surface area contributed by atoms with E-state index in [1.807, 2.05) is 25.1 Å². The number of halogens is 3. The first kappa shape index (κ1) is 21.7. The molecule has 3 heterocycles. The molecule has 1 aromatic heterocycles. The van der Waals surface area contributed by atoms with Crippen LogP contribution in [0.2, 0.25) is 0 Å². The summed E-state index contributed by atoms with van der Waals surface area (Å²) in [5.41, 5.74) is 1.13. The molecule has 0 bridgehead atoms. The first-order valence-electron chi connectivity index (χ1n) is 10.6. The van der Waals surface area contributed by atoms with Gasteiger partial charge in [0.1, 0.15) is 6.33 Å². The lowest BCUT2D eigenvalue weighted by Gasteiger charge is -2.40. The van der Waals surface area contributed by atoms with Crippen LogP contribution in [0, 0.1) is 5.92 Å². The molecule has 1 fully saturated rings. The largest absolute Gasteiger partial charge is 0.493 e. The van der Waals surface area contributed by atoms with E-state index in [2.05, 4.69) is 20.3 Å². The van der Waals surface area contributed by atoms with Crippen molar-refractivity contribution < 1.29 is 22.6 Å². The minimum absolute atomic E-state index is 0.0132. The maximum absolute atomic E-state index is 13.5. The standard InChI is InChI=1S/C21H28F3N5O2/c1-3-31-18-10-14(4-5-17(18)30-2)12-28-8-6-15(7-9-28)16-11-19(21(22,23)24)29-20(27-16)25-13-26-29/h4-5,10,13,15-16,19H,3,6-9,11-12H2,1-2H3,(H,25,26,27)/t16-,19+/m0/s1. The molecule has 2 aliphatic rings. The number of hydrogen-bond acceptors (Lipinski definition) is 6. The third-order valence-corrected chi connectivity index (χ3v) is 6.17. The first-order chi connectivity index (χ1) is 14.9. The highest BCUT2D eigenvalue weighted by molar-refractivity contribution is 5.43. The van der Waals surface area contributed by atoms with Crippen molar-refractivity contribution in [2.75, 3.05) is 32.1 Å². The van der Waals surface area contributed by atoms with E-state index < -0.39 is 12.2 Å². The first-order valence-corrected chi connectivity index (χ1v) is 10.6. The molecule has 10 heteroatoms. The lowest BCUT2D eigenvalue weighted by Crippen LogP contribution is -2.46. The number of nitrogens with zero attached hydrogens (tertiary/aromatic N) is 4. The Kier molecular flexibility index (Phi) is 6.27. The SMILES string of the molecule is CCOc1cc(CN2CCC([C@@H]3C[C@H](C(F)(F)F)n4ncnc4N3)CC2)ccc1OC. The van der Waals surface area contributed by atoms with E-state index in [0.717, 1.165) is 48.5 Å². The molecular formula is C21H28F3N5O2. The van der Waals surface area contributed by atoms with Crippen LogP contribution >= 0.6 is 0 Å². The normalized spacial score (nSPS) is 22.6. The molecule has 0 amide bonds. The van der Waals surface area contributed by atoms with Gasteiger partial charge in [-0.05, 0) is 62.9 Å². The van der Waals surface area contributed by atoms with Crippen LogP contribution in [0.5, 0.6) is 11.5 Å². The molecular weight excluding hydrogens is 411 g/mol. The van der Waals surface area contributed by atoms with Crippen LogP contribution in [0.4, 0.5) is 19.1 Å². The van der Waals surface area contributed by atoms with Gasteiger partial charge < -0.3 is 14.8 Å². The summed E-state index contributed by atoms with van der Waals surface area (Å²) in [4.78, 5) is 6.32. The number of alkyl halides is 3. The predicted octanol–water partition coefficient (Wildman–Crippen LogP) is 3.89. The highest BCUT2D eigenvalue weighted by Crippen LogP contribution is 2.41. The Morgan fingerprint density at radius 3 is 2.65 bits per heavy atom. The number of aromatic nitrogens is 3. The van der Waals surface area contributed by atoms with Crippen LogP contribution in [-0.4, -0.2) is 58.7 Å². The maximum atomic E-state index is 13.5. The molecule has 0 unspecified atom stereocenters. The zero-order valence-electron chi connectivity index (χ0n) is 17.7. The van der Waals surface area contributed by atoms with Crippen molar-refractivity contribution in [2.24, 2.45) is 5.92 Å². The zero-order valence-corrected chi connectivity index (χ0v) is 17.7. The van der Waals surface area contributed by atoms with Crippen LogP contribution in [0.1, 0.15) is 37.8 Å². The molecule has 2 aromatic rings. The van der Waals surface area contributed by atoms with Crippen molar-refractivity contribution >= 4 is 5.95 Å². The number of ether oxygens (including phenoxy) is 2. The fraction of sp³-hybridized carbons (Fsp3) is 0.619. The number of hydrogen-bond donors (Lipinski definition) is 1. The fourth-order valence-corrected chi connectivity index (χ4v) is 4.59. The Balaban J connectivity index is 1.37. The van der Waals surface area contributed by atoms with Gasteiger partial charge in [0.25, 0.3) is 0 Å². The Hall–Kier alpha value is -2.49. The van der Waals surface area contributed by atoms with E-state index in [1.165, 1.54) is 6.33 Å². The third-order valence-electron chi connectivity index (χ3n) is 6.17. The van der Waals surface area contributed by atoms with Gasteiger partial charge in [-0.2, -0.15) is 23.3 Å². The highest BCUT2D eigenvalue weighted by Gasteiger charge is 2.47. The molecule has 1 saturated heterocycles. The van der Waals surface area contributed by atoms with E-state index in [0.29, 0.717) is 12.4 Å². The number of benzene rings is 1. The average Bonchev–Trinajstić information content (AvgIpc) is 3.22. The molecule has 0 spiro atoms. The smallest absolute Gasteiger partial charge is 0.411 e.